The Hall–Kier alpha value is -0.570. The standard InChI is InChI=1S/C9H17NO2/c1-7(11)3-4-8(12)10-9(2)5-6-9/h7,11H,3-6H2,1-2H3,(H,10,12). The first kappa shape index (κ1) is 9.52. The number of aliphatic hydroxyl groups is 1. The molecule has 0 aromatic heterocycles. The maximum atomic E-state index is 11.2. The molecule has 3 nitrogen and oxygen atoms in total. The van der Waals surface area contributed by atoms with Crippen LogP contribution in [0, 0.1) is 0 Å². The van der Waals surface area contributed by atoms with Gasteiger partial charge in [0.05, 0.1) is 6.10 Å². The van der Waals surface area contributed by atoms with Gasteiger partial charge in [0.15, 0.2) is 0 Å². The molecule has 0 aromatic carbocycles. The maximum absolute atomic E-state index is 11.2. The lowest BCUT2D eigenvalue weighted by Crippen LogP contribution is -2.34. The van der Waals surface area contributed by atoms with Crippen LogP contribution in [0.4, 0.5) is 0 Å². The van der Waals surface area contributed by atoms with Crippen LogP contribution in [0.2, 0.25) is 0 Å². The number of amides is 1. The minimum Gasteiger partial charge on any atom is -0.393 e. The van der Waals surface area contributed by atoms with Gasteiger partial charge in [0.25, 0.3) is 0 Å². The van der Waals surface area contributed by atoms with E-state index in [0.717, 1.165) is 12.8 Å². The summed E-state index contributed by atoms with van der Waals surface area (Å²) in [6, 6.07) is 0. The van der Waals surface area contributed by atoms with E-state index in [9.17, 15) is 4.79 Å². The van der Waals surface area contributed by atoms with Gasteiger partial charge in [-0.3, -0.25) is 4.79 Å². The molecular formula is C9H17NO2. The third-order valence-corrected chi connectivity index (χ3v) is 2.23. The van der Waals surface area contributed by atoms with E-state index in [1.807, 2.05) is 6.92 Å². The minimum absolute atomic E-state index is 0.0656. The van der Waals surface area contributed by atoms with Crippen LogP contribution in [-0.2, 0) is 4.79 Å². The second-order valence-electron chi connectivity index (χ2n) is 4.00. The van der Waals surface area contributed by atoms with Crippen LogP contribution in [0.5, 0.6) is 0 Å². The Kier molecular flexibility index (Phi) is 2.73. The molecule has 1 rings (SSSR count). The minimum atomic E-state index is -0.372. The summed E-state index contributed by atoms with van der Waals surface area (Å²) in [4.78, 5) is 11.2. The Morgan fingerprint density at radius 2 is 2.25 bits per heavy atom. The van der Waals surface area contributed by atoms with E-state index in [1.54, 1.807) is 6.92 Å². The number of hydrogen-bond donors (Lipinski definition) is 2. The van der Waals surface area contributed by atoms with Gasteiger partial charge in [-0.2, -0.15) is 0 Å². The maximum Gasteiger partial charge on any atom is 0.220 e. The van der Waals surface area contributed by atoms with Crippen molar-refractivity contribution in [2.75, 3.05) is 0 Å². The quantitative estimate of drug-likeness (QED) is 0.657. The summed E-state index contributed by atoms with van der Waals surface area (Å²) >= 11 is 0. The van der Waals surface area contributed by atoms with E-state index >= 15 is 0 Å². The van der Waals surface area contributed by atoms with E-state index in [4.69, 9.17) is 5.11 Å². The molecule has 3 heteroatoms. The first-order valence-corrected chi connectivity index (χ1v) is 4.51. The zero-order chi connectivity index (χ0) is 9.19. The highest BCUT2D eigenvalue weighted by Gasteiger charge is 2.38. The molecule has 1 saturated carbocycles. The van der Waals surface area contributed by atoms with E-state index < -0.39 is 0 Å². The van der Waals surface area contributed by atoms with Crippen molar-refractivity contribution in [1.29, 1.82) is 0 Å². The number of hydrogen-bond acceptors (Lipinski definition) is 2. The summed E-state index contributed by atoms with van der Waals surface area (Å²) in [6.07, 6.45) is 2.80. The van der Waals surface area contributed by atoms with Crippen molar-refractivity contribution in [2.45, 2.75) is 51.2 Å². The third kappa shape index (κ3) is 3.22. The van der Waals surface area contributed by atoms with Gasteiger partial charge >= 0.3 is 0 Å². The molecule has 0 spiro atoms. The van der Waals surface area contributed by atoms with Crippen molar-refractivity contribution in [1.82, 2.24) is 5.32 Å². The topological polar surface area (TPSA) is 49.3 Å². The molecule has 0 saturated heterocycles. The average Bonchev–Trinajstić information content (AvgIpc) is 2.64. The second-order valence-corrected chi connectivity index (χ2v) is 4.00. The number of nitrogens with one attached hydrogen (secondary N) is 1. The molecule has 0 aliphatic heterocycles. The largest absolute Gasteiger partial charge is 0.393 e. The van der Waals surface area contributed by atoms with Gasteiger partial charge in [-0.25, -0.2) is 0 Å². The molecule has 1 atom stereocenters. The lowest BCUT2D eigenvalue weighted by molar-refractivity contribution is -0.122. The molecule has 1 unspecified atom stereocenters. The molecule has 0 radical (unpaired) electrons. The van der Waals surface area contributed by atoms with E-state index in [-0.39, 0.29) is 17.6 Å². The Bertz CT molecular complexity index is 173. The fourth-order valence-corrected chi connectivity index (χ4v) is 1.05. The monoisotopic (exact) mass is 171 g/mol. The first-order chi connectivity index (χ1) is 5.52. The summed E-state index contributed by atoms with van der Waals surface area (Å²) in [7, 11) is 0. The molecule has 0 heterocycles. The van der Waals surface area contributed by atoms with Gasteiger partial charge in [0.1, 0.15) is 0 Å². The normalized spacial score (nSPS) is 21.6. The molecule has 1 fully saturated rings. The van der Waals surface area contributed by atoms with Gasteiger partial charge in [-0.15, -0.1) is 0 Å². The van der Waals surface area contributed by atoms with Crippen molar-refractivity contribution in [3.05, 3.63) is 0 Å². The van der Waals surface area contributed by atoms with Gasteiger partial charge < -0.3 is 10.4 Å². The molecule has 0 bridgehead atoms. The highest BCUT2D eigenvalue weighted by Crippen LogP contribution is 2.34. The van der Waals surface area contributed by atoms with Crippen LogP contribution in [0.15, 0.2) is 0 Å². The first-order valence-electron chi connectivity index (χ1n) is 4.51. The van der Waals surface area contributed by atoms with Gasteiger partial charge in [0, 0.05) is 12.0 Å². The number of carbonyl (C=O) groups is 1. The second kappa shape index (κ2) is 3.44. The van der Waals surface area contributed by atoms with Crippen LogP contribution < -0.4 is 5.32 Å². The molecule has 0 aromatic rings. The highest BCUT2D eigenvalue weighted by atomic mass is 16.3. The SMILES string of the molecule is CC(O)CCC(=O)NC1(C)CC1. The zero-order valence-electron chi connectivity index (χ0n) is 7.76. The van der Waals surface area contributed by atoms with Crippen molar-refractivity contribution in [3.63, 3.8) is 0 Å². The summed E-state index contributed by atoms with van der Waals surface area (Å²) in [5, 5.41) is 11.9. The van der Waals surface area contributed by atoms with Crippen molar-refractivity contribution in [3.8, 4) is 0 Å². The van der Waals surface area contributed by atoms with Crippen LogP contribution >= 0.6 is 0 Å². The highest BCUT2D eigenvalue weighted by molar-refractivity contribution is 5.77. The molecule has 1 amide bonds. The Morgan fingerprint density at radius 3 is 2.67 bits per heavy atom. The zero-order valence-corrected chi connectivity index (χ0v) is 7.76. The average molecular weight is 171 g/mol. The van der Waals surface area contributed by atoms with Gasteiger partial charge in [-0.05, 0) is 33.1 Å². The van der Waals surface area contributed by atoms with Crippen LogP contribution in [0.1, 0.15) is 39.5 Å². The predicted molar refractivity (Wildman–Crippen MR) is 46.7 cm³/mol. The van der Waals surface area contributed by atoms with E-state index in [2.05, 4.69) is 5.32 Å². The Labute approximate surface area is 73.2 Å². The molecular weight excluding hydrogens is 154 g/mol. The summed E-state index contributed by atoms with van der Waals surface area (Å²) in [5.74, 6) is 0.0656. The van der Waals surface area contributed by atoms with Crippen molar-refractivity contribution < 1.29 is 9.90 Å². The van der Waals surface area contributed by atoms with Crippen LogP contribution in [-0.4, -0.2) is 22.7 Å². The summed E-state index contributed by atoms with van der Waals surface area (Å²) in [5.41, 5.74) is 0.0791. The fraction of sp³-hybridized carbons (Fsp3) is 0.889. The van der Waals surface area contributed by atoms with Crippen molar-refractivity contribution >= 4 is 5.91 Å². The van der Waals surface area contributed by atoms with E-state index in [1.165, 1.54) is 0 Å². The molecule has 2 N–H and O–H groups in total. The lowest BCUT2D eigenvalue weighted by Gasteiger charge is -2.11. The molecule has 1 aliphatic rings. The smallest absolute Gasteiger partial charge is 0.220 e. The molecule has 70 valence electrons. The number of carbonyl (C=O) groups excluding carboxylic acids is 1. The fourth-order valence-electron chi connectivity index (χ4n) is 1.05. The predicted octanol–water partition coefficient (Wildman–Crippen LogP) is 0.816. The van der Waals surface area contributed by atoms with Crippen molar-refractivity contribution in [2.24, 2.45) is 0 Å². The van der Waals surface area contributed by atoms with Crippen LogP contribution in [0.25, 0.3) is 0 Å². The molecule has 1 aliphatic carbocycles. The summed E-state index contributed by atoms with van der Waals surface area (Å²) < 4.78 is 0. The lowest BCUT2D eigenvalue weighted by atomic mass is 10.2. The van der Waals surface area contributed by atoms with Crippen LogP contribution in [0.3, 0.4) is 0 Å². The Morgan fingerprint density at radius 1 is 1.67 bits per heavy atom. The van der Waals surface area contributed by atoms with Gasteiger partial charge in [0.2, 0.25) is 5.91 Å². The molecule has 12 heavy (non-hydrogen) atoms. The van der Waals surface area contributed by atoms with E-state index in [0.29, 0.717) is 12.8 Å². The summed E-state index contributed by atoms with van der Waals surface area (Å²) in [6.45, 7) is 3.75. The third-order valence-electron chi connectivity index (χ3n) is 2.23. The van der Waals surface area contributed by atoms with Gasteiger partial charge in [-0.1, -0.05) is 0 Å². The number of rotatable bonds is 4. The number of aliphatic hydroxyl groups excluding tert-OH is 1. The Balaban J connectivity index is 2.12.